The average Bonchev–Trinajstić information content (AvgIpc) is 2.41. The summed E-state index contributed by atoms with van der Waals surface area (Å²) in [6.07, 6.45) is 2.38. The SMILES string of the molecule is CC(=O)COCCOCCNC(=O)C(N)CCCCN. The lowest BCUT2D eigenvalue weighted by molar-refractivity contribution is -0.123. The van der Waals surface area contributed by atoms with E-state index in [1.165, 1.54) is 6.92 Å². The van der Waals surface area contributed by atoms with Crippen molar-refractivity contribution in [3.63, 3.8) is 0 Å². The van der Waals surface area contributed by atoms with Gasteiger partial charge in [-0.3, -0.25) is 9.59 Å². The summed E-state index contributed by atoms with van der Waals surface area (Å²) in [5.74, 6) is -0.181. The number of hydrogen-bond donors (Lipinski definition) is 3. The third-order valence-electron chi connectivity index (χ3n) is 2.53. The molecule has 0 rings (SSSR count). The minimum atomic E-state index is -0.486. The molecule has 0 radical (unpaired) electrons. The molecular formula is C13H27N3O4. The highest BCUT2D eigenvalue weighted by Gasteiger charge is 2.11. The van der Waals surface area contributed by atoms with Gasteiger partial charge in [-0.1, -0.05) is 6.42 Å². The fourth-order valence-electron chi connectivity index (χ4n) is 1.45. The van der Waals surface area contributed by atoms with Gasteiger partial charge in [0.05, 0.1) is 25.9 Å². The molecule has 7 heteroatoms. The van der Waals surface area contributed by atoms with Crippen molar-refractivity contribution in [3.05, 3.63) is 0 Å². The van der Waals surface area contributed by atoms with E-state index in [-0.39, 0.29) is 18.3 Å². The third kappa shape index (κ3) is 12.0. The van der Waals surface area contributed by atoms with Crippen LogP contribution in [0.5, 0.6) is 0 Å². The van der Waals surface area contributed by atoms with Crippen LogP contribution in [0.1, 0.15) is 26.2 Å². The number of ether oxygens (including phenoxy) is 2. The molecule has 0 aliphatic heterocycles. The molecule has 0 aliphatic carbocycles. The zero-order valence-electron chi connectivity index (χ0n) is 12.2. The van der Waals surface area contributed by atoms with Gasteiger partial charge in [0.2, 0.25) is 5.91 Å². The normalized spacial score (nSPS) is 12.2. The molecule has 0 saturated carbocycles. The quantitative estimate of drug-likeness (QED) is 0.381. The van der Waals surface area contributed by atoms with Crippen LogP contribution in [0.15, 0.2) is 0 Å². The lowest BCUT2D eigenvalue weighted by Crippen LogP contribution is -2.41. The first-order chi connectivity index (χ1) is 9.57. The van der Waals surface area contributed by atoms with E-state index in [0.29, 0.717) is 39.3 Å². The summed E-state index contributed by atoms with van der Waals surface area (Å²) in [6.45, 7) is 3.76. The standard InChI is InChI=1S/C13H27N3O4/c1-11(17)10-20-9-8-19-7-6-16-13(18)12(15)4-2-3-5-14/h12H,2-10,14-15H2,1H3,(H,16,18). The van der Waals surface area contributed by atoms with Gasteiger partial charge in [-0.2, -0.15) is 0 Å². The fourth-order valence-corrected chi connectivity index (χ4v) is 1.45. The van der Waals surface area contributed by atoms with Gasteiger partial charge in [-0.05, 0) is 26.3 Å². The number of nitrogens with one attached hydrogen (secondary N) is 1. The van der Waals surface area contributed by atoms with E-state index in [4.69, 9.17) is 20.9 Å². The maximum Gasteiger partial charge on any atom is 0.236 e. The van der Waals surface area contributed by atoms with E-state index < -0.39 is 6.04 Å². The second-order valence-corrected chi connectivity index (χ2v) is 4.55. The molecule has 118 valence electrons. The summed E-state index contributed by atoms with van der Waals surface area (Å²) in [6, 6.07) is -0.486. The van der Waals surface area contributed by atoms with Gasteiger partial charge in [-0.15, -0.1) is 0 Å². The Bertz CT molecular complexity index is 274. The highest BCUT2D eigenvalue weighted by molar-refractivity contribution is 5.81. The summed E-state index contributed by atoms with van der Waals surface area (Å²) in [5, 5.41) is 2.70. The van der Waals surface area contributed by atoms with Gasteiger partial charge in [0.25, 0.3) is 0 Å². The molecule has 5 N–H and O–H groups in total. The molecule has 0 aromatic heterocycles. The second-order valence-electron chi connectivity index (χ2n) is 4.55. The van der Waals surface area contributed by atoms with Crippen LogP contribution in [0, 0.1) is 0 Å². The zero-order valence-corrected chi connectivity index (χ0v) is 12.2. The first-order valence-corrected chi connectivity index (χ1v) is 6.96. The third-order valence-corrected chi connectivity index (χ3v) is 2.53. The minimum absolute atomic E-state index is 0.0131. The molecule has 0 fully saturated rings. The van der Waals surface area contributed by atoms with E-state index in [9.17, 15) is 9.59 Å². The fraction of sp³-hybridized carbons (Fsp3) is 0.846. The van der Waals surface area contributed by atoms with Crippen LogP contribution >= 0.6 is 0 Å². The van der Waals surface area contributed by atoms with Crippen molar-refractivity contribution >= 4 is 11.7 Å². The number of unbranched alkanes of at least 4 members (excludes halogenated alkanes) is 1. The number of Topliss-reactive ketones (excluding diaryl/α,β-unsaturated/α-hetero) is 1. The molecule has 0 bridgehead atoms. The predicted octanol–water partition coefficient (Wildman–Crippen LogP) is -0.819. The van der Waals surface area contributed by atoms with Gasteiger partial charge in [0, 0.05) is 6.54 Å². The van der Waals surface area contributed by atoms with E-state index in [0.717, 1.165) is 12.8 Å². The molecule has 0 aromatic rings. The summed E-state index contributed by atoms with van der Waals surface area (Å²) in [7, 11) is 0. The Labute approximate surface area is 120 Å². The highest BCUT2D eigenvalue weighted by Crippen LogP contribution is 1.97. The smallest absolute Gasteiger partial charge is 0.236 e. The molecule has 0 saturated heterocycles. The highest BCUT2D eigenvalue weighted by atomic mass is 16.5. The number of amides is 1. The molecule has 0 heterocycles. The lowest BCUT2D eigenvalue weighted by Gasteiger charge is -2.12. The van der Waals surface area contributed by atoms with Gasteiger partial charge >= 0.3 is 0 Å². The molecule has 20 heavy (non-hydrogen) atoms. The summed E-state index contributed by atoms with van der Waals surface area (Å²) >= 11 is 0. The second kappa shape index (κ2) is 13.0. The molecule has 0 aromatic carbocycles. The molecule has 1 amide bonds. The van der Waals surface area contributed by atoms with E-state index in [1.807, 2.05) is 0 Å². The van der Waals surface area contributed by atoms with Crippen molar-refractivity contribution in [2.75, 3.05) is 39.5 Å². The van der Waals surface area contributed by atoms with E-state index in [1.54, 1.807) is 0 Å². The molecule has 7 nitrogen and oxygen atoms in total. The first kappa shape index (κ1) is 19.0. The maximum absolute atomic E-state index is 11.6. The molecular weight excluding hydrogens is 262 g/mol. The predicted molar refractivity (Wildman–Crippen MR) is 76.2 cm³/mol. The van der Waals surface area contributed by atoms with Crippen molar-refractivity contribution < 1.29 is 19.1 Å². The molecule has 1 atom stereocenters. The van der Waals surface area contributed by atoms with Crippen LogP contribution < -0.4 is 16.8 Å². The van der Waals surface area contributed by atoms with Crippen molar-refractivity contribution in [2.45, 2.75) is 32.2 Å². The molecule has 0 aliphatic rings. The zero-order chi connectivity index (χ0) is 15.2. The Morgan fingerprint density at radius 1 is 1.15 bits per heavy atom. The van der Waals surface area contributed by atoms with E-state index >= 15 is 0 Å². The van der Waals surface area contributed by atoms with Crippen molar-refractivity contribution in [2.24, 2.45) is 11.5 Å². The average molecular weight is 289 g/mol. The summed E-state index contributed by atoms with van der Waals surface area (Å²) < 4.78 is 10.3. The summed E-state index contributed by atoms with van der Waals surface area (Å²) in [4.78, 5) is 22.1. The largest absolute Gasteiger partial charge is 0.377 e. The number of ketones is 1. The van der Waals surface area contributed by atoms with Crippen LogP contribution in [0.25, 0.3) is 0 Å². The van der Waals surface area contributed by atoms with Crippen molar-refractivity contribution in [1.82, 2.24) is 5.32 Å². The van der Waals surface area contributed by atoms with Crippen LogP contribution in [0.3, 0.4) is 0 Å². The Balaban J connectivity index is 3.36. The van der Waals surface area contributed by atoms with Crippen LogP contribution in [-0.4, -0.2) is 57.2 Å². The van der Waals surface area contributed by atoms with Gasteiger partial charge < -0.3 is 26.3 Å². The Kier molecular flexibility index (Phi) is 12.3. The number of hydrogen-bond acceptors (Lipinski definition) is 6. The van der Waals surface area contributed by atoms with Crippen LogP contribution in [-0.2, 0) is 19.1 Å². The Morgan fingerprint density at radius 3 is 2.50 bits per heavy atom. The van der Waals surface area contributed by atoms with Crippen LogP contribution in [0.4, 0.5) is 0 Å². The molecule has 0 spiro atoms. The maximum atomic E-state index is 11.6. The summed E-state index contributed by atoms with van der Waals surface area (Å²) in [5.41, 5.74) is 11.1. The van der Waals surface area contributed by atoms with Crippen LogP contribution in [0.2, 0.25) is 0 Å². The first-order valence-electron chi connectivity index (χ1n) is 6.96. The number of rotatable bonds is 13. The Hall–Kier alpha value is -1.02. The van der Waals surface area contributed by atoms with Crippen molar-refractivity contribution in [1.29, 1.82) is 0 Å². The van der Waals surface area contributed by atoms with Gasteiger partial charge in [-0.25, -0.2) is 0 Å². The van der Waals surface area contributed by atoms with Crippen molar-refractivity contribution in [3.8, 4) is 0 Å². The lowest BCUT2D eigenvalue weighted by atomic mass is 10.1. The molecule has 1 unspecified atom stereocenters. The number of carbonyl (C=O) groups is 2. The van der Waals surface area contributed by atoms with Gasteiger partial charge in [0.15, 0.2) is 5.78 Å². The number of carbonyl (C=O) groups excluding carboxylic acids is 2. The Morgan fingerprint density at radius 2 is 1.85 bits per heavy atom. The monoisotopic (exact) mass is 289 g/mol. The minimum Gasteiger partial charge on any atom is -0.377 e. The van der Waals surface area contributed by atoms with E-state index in [2.05, 4.69) is 5.32 Å². The van der Waals surface area contributed by atoms with Gasteiger partial charge in [0.1, 0.15) is 6.61 Å². The topological polar surface area (TPSA) is 117 Å². The number of nitrogens with two attached hydrogens (primary N) is 2.